The molecule has 0 heterocycles. The van der Waals surface area contributed by atoms with E-state index in [0.29, 0.717) is 5.69 Å². The van der Waals surface area contributed by atoms with E-state index in [2.05, 4.69) is 16.0 Å². The summed E-state index contributed by atoms with van der Waals surface area (Å²) < 4.78 is 24.8. The number of hydrogen-bond acceptors (Lipinski definition) is 6. The van der Waals surface area contributed by atoms with E-state index in [1.54, 1.807) is 41.5 Å². The van der Waals surface area contributed by atoms with Gasteiger partial charge in [0.1, 0.15) is 23.1 Å². The number of amides is 3. The highest BCUT2D eigenvalue weighted by Gasteiger charge is 2.31. The third-order valence-electron chi connectivity index (χ3n) is 5.18. The van der Waals surface area contributed by atoms with Crippen molar-refractivity contribution in [1.29, 1.82) is 0 Å². The lowest BCUT2D eigenvalue weighted by Crippen LogP contribution is -2.46. The molecule has 10 heteroatoms. The average molecular weight is 544 g/mol. The van der Waals surface area contributed by atoms with Crippen molar-refractivity contribution in [2.45, 2.75) is 86.0 Å². The molecule has 0 saturated heterocycles. The smallest absolute Gasteiger partial charge is 0.329 e. The van der Waals surface area contributed by atoms with E-state index < -0.39 is 53.4 Å². The molecule has 0 bridgehead atoms. The Kier molecular flexibility index (Phi) is 9.84. The van der Waals surface area contributed by atoms with Crippen LogP contribution in [0.15, 0.2) is 30.3 Å². The van der Waals surface area contributed by atoms with Crippen molar-refractivity contribution in [3.8, 4) is 0 Å². The van der Waals surface area contributed by atoms with Crippen LogP contribution in [0.25, 0.3) is 0 Å². The number of aryl methyl sites for hydroxylation is 3. The first-order valence-corrected chi connectivity index (χ1v) is 12.6. The van der Waals surface area contributed by atoms with Crippen molar-refractivity contribution in [2.75, 3.05) is 10.6 Å². The highest BCUT2D eigenvalue weighted by molar-refractivity contribution is 6.07. The molecule has 3 N–H and O–H groups in total. The number of ether oxygens (including phenoxy) is 2. The molecule has 0 unspecified atom stereocenters. The number of esters is 2. The van der Waals surface area contributed by atoms with Crippen LogP contribution in [0, 0.1) is 26.6 Å². The molecule has 39 heavy (non-hydrogen) atoms. The van der Waals surface area contributed by atoms with Crippen LogP contribution in [0.2, 0.25) is 0 Å². The fourth-order valence-corrected chi connectivity index (χ4v) is 3.81. The van der Waals surface area contributed by atoms with Gasteiger partial charge in [0, 0.05) is 5.69 Å². The van der Waals surface area contributed by atoms with Gasteiger partial charge < -0.3 is 25.4 Å². The van der Waals surface area contributed by atoms with E-state index in [1.807, 2.05) is 32.9 Å². The zero-order valence-electron chi connectivity index (χ0n) is 24.0. The highest BCUT2D eigenvalue weighted by atomic mass is 19.1. The van der Waals surface area contributed by atoms with Crippen LogP contribution in [0.3, 0.4) is 0 Å². The van der Waals surface area contributed by atoms with Gasteiger partial charge in [0.15, 0.2) is 0 Å². The van der Waals surface area contributed by atoms with Crippen LogP contribution >= 0.6 is 0 Å². The first-order valence-electron chi connectivity index (χ1n) is 12.6. The molecule has 0 radical (unpaired) electrons. The van der Waals surface area contributed by atoms with E-state index in [1.165, 1.54) is 6.07 Å². The monoisotopic (exact) mass is 543 g/mol. The van der Waals surface area contributed by atoms with Crippen molar-refractivity contribution in [2.24, 2.45) is 0 Å². The summed E-state index contributed by atoms with van der Waals surface area (Å²) in [4.78, 5) is 51.4. The van der Waals surface area contributed by atoms with E-state index >= 15 is 0 Å². The number of urea groups is 1. The summed E-state index contributed by atoms with van der Waals surface area (Å²) >= 11 is 0. The fourth-order valence-electron chi connectivity index (χ4n) is 3.81. The summed E-state index contributed by atoms with van der Waals surface area (Å²) in [5.74, 6) is -3.09. The molecule has 0 aliphatic heterocycles. The molecule has 0 saturated carbocycles. The van der Waals surface area contributed by atoms with E-state index in [0.717, 1.165) is 28.8 Å². The lowest BCUT2D eigenvalue weighted by atomic mass is 10.1. The third kappa shape index (κ3) is 10.0. The van der Waals surface area contributed by atoms with Gasteiger partial charge in [-0.1, -0.05) is 17.7 Å². The van der Waals surface area contributed by atoms with Crippen LogP contribution in [0.5, 0.6) is 0 Å². The van der Waals surface area contributed by atoms with Crippen molar-refractivity contribution in [3.05, 3.63) is 58.4 Å². The normalized spacial score (nSPS) is 12.3. The minimum absolute atomic E-state index is 0.123. The van der Waals surface area contributed by atoms with Crippen LogP contribution in [-0.4, -0.2) is 41.1 Å². The SMILES string of the molecule is Cc1cc(C)c(NC(=O)Nc2cc(F)ccc2C(=O)N[C@@H](CC(=O)OC(C)(C)C)C(=O)OC(C)(C)C)c(C)c1. The minimum Gasteiger partial charge on any atom is -0.460 e. The largest absolute Gasteiger partial charge is 0.460 e. The molecule has 0 fully saturated rings. The number of carbonyl (C=O) groups is 4. The third-order valence-corrected chi connectivity index (χ3v) is 5.18. The standard InChI is InChI=1S/C29H38FN3O6/c1-16-12-17(2)24(18(3)13-16)33-27(37)32-21-14-19(30)10-11-20(21)25(35)31-22(26(36)39-29(7,8)9)15-23(34)38-28(4,5)6/h10-14,22H,15H2,1-9H3,(H,31,35)(H2,32,33,37)/t22-/m0/s1. The number of carbonyl (C=O) groups excluding carboxylic acids is 4. The summed E-state index contributed by atoms with van der Waals surface area (Å²) in [6, 6.07) is 4.93. The lowest BCUT2D eigenvalue weighted by Gasteiger charge is -2.26. The summed E-state index contributed by atoms with van der Waals surface area (Å²) in [5, 5.41) is 7.71. The number of halogens is 1. The Balaban J connectivity index is 2.30. The Labute approximate surface area is 228 Å². The maximum absolute atomic E-state index is 14.1. The van der Waals surface area contributed by atoms with Crippen LogP contribution < -0.4 is 16.0 Å². The van der Waals surface area contributed by atoms with Gasteiger partial charge in [-0.3, -0.25) is 9.59 Å². The Morgan fingerprint density at radius 1 is 0.846 bits per heavy atom. The second-order valence-corrected chi connectivity index (χ2v) is 11.4. The zero-order chi connectivity index (χ0) is 29.7. The van der Waals surface area contributed by atoms with Crippen LogP contribution in [-0.2, 0) is 19.1 Å². The van der Waals surface area contributed by atoms with Gasteiger partial charge in [-0.25, -0.2) is 14.0 Å². The molecule has 212 valence electrons. The molecule has 1 atom stereocenters. The van der Waals surface area contributed by atoms with Gasteiger partial charge in [-0.15, -0.1) is 0 Å². The molecular formula is C29H38FN3O6. The lowest BCUT2D eigenvalue weighted by molar-refractivity contribution is -0.164. The van der Waals surface area contributed by atoms with E-state index in [4.69, 9.17) is 9.47 Å². The van der Waals surface area contributed by atoms with Crippen LogP contribution in [0.1, 0.15) is 75.0 Å². The second-order valence-electron chi connectivity index (χ2n) is 11.4. The van der Waals surface area contributed by atoms with Gasteiger partial charge in [-0.05, 0) is 91.6 Å². The van der Waals surface area contributed by atoms with Crippen LogP contribution in [0.4, 0.5) is 20.6 Å². The van der Waals surface area contributed by atoms with E-state index in [-0.39, 0.29) is 11.3 Å². The number of rotatable bonds is 7. The molecular weight excluding hydrogens is 505 g/mol. The first-order chi connectivity index (χ1) is 17.8. The molecule has 3 amide bonds. The topological polar surface area (TPSA) is 123 Å². The van der Waals surface area contributed by atoms with Crippen molar-refractivity contribution < 1.29 is 33.0 Å². The molecule has 0 aliphatic carbocycles. The van der Waals surface area contributed by atoms with Gasteiger partial charge >= 0.3 is 18.0 Å². The van der Waals surface area contributed by atoms with Gasteiger partial charge in [0.05, 0.1) is 17.7 Å². The summed E-state index contributed by atoms with van der Waals surface area (Å²) in [7, 11) is 0. The van der Waals surface area contributed by atoms with Crippen molar-refractivity contribution >= 4 is 35.3 Å². The van der Waals surface area contributed by atoms with Crippen molar-refractivity contribution in [1.82, 2.24) is 5.32 Å². The molecule has 0 aliphatic rings. The predicted molar refractivity (Wildman–Crippen MR) is 147 cm³/mol. The minimum atomic E-state index is -1.39. The zero-order valence-corrected chi connectivity index (χ0v) is 24.0. The maximum Gasteiger partial charge on any atom is 0.329 e. The Morgan fingerprint density at radius 2 is 1.41 bits per heavy atom. The summed E-state index contributed by atoms with van der Waals surface area (Å²) in [6.45, 7) is 15.6. The quantitative estimate of drug-likeness (QED) is 0.393. The molecule has 2 aromatic rings. The molecule has 2 rings (SSSR count). The van der Waals surface area contributed by atoms with Gasteiger partial charge in [0.25, 0.3) is 5.91 Å². The van der Waals surface area contributed by atoms with E-state index in [9.17, 15) is 23.6 Å². The van der Waals surface area contributed by atoms with Gasteiger partial charge in [0.2, 0.25) is 0 Å². The molecule has 0 aromatic heterocycles. The number of nitrogens with one attached hydrogen (secondary N) is 3. The molecule has 9 nitrogen and oxygen atoms in total. The predicted octanol–water partition coefficient (Wildman–Crippen LogP) is 5.57. The number of anilines is 2. The number of benzene rings is 2. The van der Waals surface area contributed by atoms with Gasteiger partial charge in [-0.2, -0.15) is 0 Å². The fraction of sp³-hybridized carbons (Fsp3) is 0.448. The summed E-state index contributed by atoms with van der Waals surface area (Å²) in [5.41, 5.74) is 1.34. The Morgan fingerprint density at radius 3 is 1.95 bits per heavy atom. The molecule has 0 spiro atoms. The summed E-state index contributed by atoms with van der Waals surface area (Å²) in [6.07, 6.45) is -0.492. The number of hydrogen-bond donors (Lipinski definition) is 3. The maximum atomic E-state index is 14.1. The Hall–Kier alpha value is -3.95. The molecule has 2 aromatic carbocycles. The highest BCUT2D eigenvalue weighted by Crippen LogP contribution is 2.24. The van der Waals surface area contributed by atoms with Crippen molar-refractivity contribution in [3.63, 3.8) is 0 Å². The first kappa shape index (κ1) is 31.3. The Bertz CT molecular complexity index is 1240. The second kappa shape index (κ2) is 12.3. The average Bonchev–Trinajstić information content (AvgIpc) is 2.73.